The molecule has 0 saturated heterocycles. The van der Waals surface area contributed by atoms with Crippen LogP contribution in [-0.2, 0) is 0 Å². The van der Waals surface area contributed by atoms with Crippen molar-refractivity contribution in [3.8, 4) is 11.5 Å². The van der Waals surface area contributed by atoms with Crippen LogP contribution in [0.5, 0.6) is 0 Å². The minimum absolute atomic E-state index is 0.142. The minimum Gasteiger partial charge on any atom is -0.320 e. The van der Waals surface area contributed by atoms with Gasteiger partial charge in [-0.05, 0) is 47.3 Å². The molecule has 166 valence electrons. The molecular formula is C28H34N2OSi. The zero-order chi connectivity index (χ0) is 23.5. The van der Waals surface area contributed by atoms with E-state index in [2.05, 4.69) is 63.3 Å². The van der Waals surface area contributed by atoms with E-state index in [1.807, 2.05) is 55.5 Å². The molecule has 3 nitrogen and oxygen atoms in total. The van der Waals surface area contributed by atoms with E-state index in [4.69, 9.17) is 0 Å². The summed E-state index contributed by atoms with van der Waals surface area (Å²) in [5.41, 5.74) is 9.25. The van der Waals surface area contributed by atoms with Gasteiger partial charge in [0.05, 0.1) is 16.8 Å². The second-order valence-corrected chi connectivity index (χ2v) is 15.1. The maximum absolute atomic E-state index is 13.4. The summed E-state index contributed by atoms with van der Waals surface area (Å²) in [6.45, 7) is 15.8. The second kappa shape index (κ2) is 9.71. The summed E-state index contributed by atoms with van der Waals surface area (Å²) in [4.78, 5) is 17.9. The summed E-state index contributed by atoms with van der Waals surface area (Å²) in [7, 11) is -1.90. The van der Waals surface area contributed by atoms with Gasteiger partial charge in [-0.3, -0.25) is 9.78 Å². The lowest BCUT2D eigenvalue weighted by Crippen LogP contribution is -2.43. The van der Waals surface area contributed by atoms with Crippen LogP contribution in [0.15, 0.2) is 54.7 Å². The van der Waals surface area contributed by atoms with Crippen LogP contribution >= 0.6 is 0 Å². The van der Waals surface area contributed by atoms with E-state index >= 15 is 0 Å². The van der Waals surface area contributed by atoms with Crippen molar-refractivity contribution in [1.82, 2.24) is 4.98 Å². The third-order valence-corrected chi connectivity index (χ3v) is 13.0. The minimum atomic E-state index is -1.90. The highest BCUT2D eigenvalue weighted by Crippen LogP contribution is 2.40. The molecule has 0 aliphatic heterocycles. The van der Waals surface area contributed by atoms with E-state index in [1.165, 1.54) is 0 Å². The molecule has 0 bridgehead atoms. The maximum Gasteiger partial charge on any atom is 0.257 e. The van der Waals surface area contributed by atoms with Crippen LogP contribution in [0.1, 0.15) is 63.0 Å². The first kappa shape index (κ1) is 23.8. The Balaban J connectivity index is 2.06. The van der Waals surface area contributed by atoms with Crippen LogP contribution in [0.3, 0.4) is 0 Å². The number of amides is 1. The van der Waals surface area contributed by atoms with Crippen molar-refractivity contribution in [3.05, 3.63) is 71.4 Å². The lowest BCUT2D eigenvalue weighted by Gasteiger charge is -2.38. The summed E-state index contributed by atoms with van der Waals surface area (Å²) in [5.74, 6) is 3.34. The molecule has 0 spiro atoms. The van der Waals surface area contributed by atoms with Crippen LogP contribution in [0.4, 0.5) is 5.69 Å². The number of pyridine rings is 1. The topological polar surface area (TPSA) is 42.0 Å². The molecule has 0 radical (unpaired) electrons. The zero-order valence-electron chi connectivity index (χ0n) is 20.3. The molecule has 0 aliphatic carbocycles. The molecule has 1 heterocycles. The first-order chi connectivity index (χ1) is 15.2. The Morgan fingerprint density at radius 2 is 1.53 bits per heavy atom. The van der Waals surface area contributed by atoms with Gasteiger partial charge in [0.25, 0.3) is 5.91 Å². The molecule has 0 saturated carbocycles. The largest absolute Gasteiger partial charge is 0.320 e. The predicted molar refractivity (Wildman–Crippen MR) is 139 cm³/mol. The van der Waals surface area contributed by atoms with Gasteiger partial charge in [0.15, 0.2) is 0 Å². The Hall–Kier alpha value is -2.90. The van der Waals surface area contributed by atoms with Crippen molar-refractivity contribution in [2.45, 2.75) is 65.1 Å². The number of carbonyl (C=O) groups is 1. The molecule has 1 N–H and O–H groups in total. The van der Waals surface area contributed by atoms with Crippen molar-refractivity contribution < 1.29 is 4.79 Å². The quantitative estimate of drug-likeness (QED) is 0.331. The number of anilines is 1. The number of aryl methyl sites for hydroxylation is 1. The lowest BCUT2D eigenvalue weighted by atomic mass is 10.0. The Kier molecular flexibility index (Phi) is 7.21. The average molecular weight is 443 g/mol. The van der Waals surface area contributed by atoms with Crippen LogP contribution < -0.4 is 5.32 Å². The second-order valence-electron chi connectivity index (χ2n) is 9.48. The Bertz CT molecular complexity index is 1160. The number of fused-ring (bicyclic) bond motifs is 1. The van der Waals surface area contributed by atoms with Crippen LogP contribution in [0.25, 0.3) is 10.9 Å². The number of nitrogens with zero attached hydrogens (tertiary/aromatic N) is 1. The number of carbonyl (C=O) groups excluding carboxylic acids is 1. The summed E-state index contributed by atoms with van der Waals surface area (Å²) in [6, 6.07) is 15.6. The highest BCUT2D eigenvalue weighted by molar-refractivity contribution is 6.90. The van der Waals surface area contributed by atoms with Crippen molar-refractivity contribution in [3.63, 3.8) is 0 Å². The number of aromatic nitrogens is 1. The molecule has 0 atom stereocenters. The number of para-hydroxylation sites is 1. The van der Waals surface area contributed by atoms with Gasteiger partial charge < -0.3 is 5.32 Å². The normalized spacial score (nSPS) is 11.7. The number of hydrogen-bond acceptors (Lipinski definition) is 2. The predicted octanol–water partition coefficient (Wildman–Crippen LogP) is 7.37. The Labute approximate surface area is 193 Å². The van der Waals surface area contributed by atoms with Gasteiger partial charge in [0, 0.05) is 17.1 Å². The van der Waals surface area contributed by atoms with Gasteiger partial charge in [-0.15, -0.1) is 5.54 Å². The molecule has 4 heteroatoms. The zero-order valence-corrected chi connectivity index (χ0v) is 21.3. The van der Waals surface area contributed by atoms with E-state index in [0.717, 1.165) is 22.0 Å². The van der Waals surface area contributed by atoms with Gasteiger partial charge in [-0.1, -0.05) is 77.8 Å². The van der Waals surface area contributed by atoms with E-state index in [-0.39, 0.29) is 5.91 Å². The fourth-order valence-corrected chi connectivity index (χ4v) is 10.3. The van der Waals surface area contributed by atoms with Gasteiger partial charge in [0.2, 0.25) is 0 Å². The summed E-state index contributed by atoms with van der Waals surface area (Å²) in [5, 5.41) is 4.09. The number of benzene rings is 2. The Morgan fingerprint density at radius 3 is 2.19 bits per heavy atom. The van der Waals surface area contributed by atoms with E-state index in [9.17, 15) is 4.79 Å². The van der Waals surface area contributed by atoms with Gasteiger partial charge in [-0.25, -0.2) is 0 Å². The molecule has 0 aliphatic rings. The van der Waals surface area contributed by atoms with Crippen LogP contribution in [0.2, 0.25) is 16.6 Å². The molecular weight excluding hydrogens is 408 g/mol. The van der Waals surface area contributed by atoms with Crippen molar-refractivity contribution in [1.29, 1.82) is 0 Å². The van der Waals surface area contributed by atoms with Crippen molar-refractivity contribution >= 4 is 30.6 Å². The lowest BCUT2D eigenvalue weighted by molar-refractivity contribution is 0.102. The van der Waals surface area contributed by atoms with E-state index in [1.54, 1.807) is 6.20 Å². The fourth-order valence-electron chi connectivity index (χ4n) is 5.07. The summed E-state index contributed by atoms with van der Waals surface area (Å²) < 4.78 is 0. The molecule has 1 aromatic heterocycles. The maximum atomic E-state index is 13.4. The molecule has 2 aromatic carbocycles. The molecule has 0 fully saturated rings. The molecule has 32 heavy (non-hydrogen) atoms. The first-order valence-corrected chi connectivity index (χ1v) is 13.7. The number of rotatable bonds is 5. The molecule has 3 rings (SSSR count). The van der Waals surface area contributed by atoms with Gasteiger partial charge >= 0.3 is 0 Å². The van der Waals surface area contributed by atoms with Crippen molar-refractivity contribution in [2.24, 2.45) is 0 Å². The molecule has 1 amide bonds. The first-order valence-electron chi connectivity index (χ1n) is 11.5. The van der Waals surface area contributed by atoms with Gasteiger partial charge in [0.1, 0.15) is 8.07 Å². The van der Waals surface area contributed by atoms with Crippen LogP contribution in [0, 0.1) is 18.4 Å². The highest BCUT2D eigenvalue weighted by Gasteiger charge is 2.41. The van der Waals surface area contributed by atoms with Gasteiger partial charge in [-0.2, -0.15) is 0 Å². The smallest absolute Gasteiger partial charge is 0.257 e. The standard InChI is InChI=1S/C28H34N2OSi/c1-19(2)32(20(3)4,21(5)6)18-16-23-12-8-11-22(7)26(23)28(31)30-25-15-9-13-24-14-10-17-29-27(24)25/h8-15,17,19-21H,1-7H3,(H,30,31). The third-order valence-electron chi connectivity index (χ3n) is 6.66. The van der Waals surface area contributed by atoms with E-state index in [0.29, 0.717) is 27.9 Å². The highest BCUT2D eigenvalue weighted by atomic mass is 28.3. The van der Waals surface area contributed by atoms with E-state index < -0.39 is 8.07 Å². The van der Waals surface area contributed by atoms with Crippen molar-refractivity contribution in [2.75, 3.05) is 5.32 Å². The summed E-state index contributed by atoms with van der Waals surface area (Å²) >= 11 is 0. The SMILES string of the molecule is Cc1cccc(C#C[Si](C(C)C)(C(C)C)C(C)C)c1C(=O)Nc1cccc2cccnc12. The van der Waals surface area contributed by atoms with Crippen LogP contribution in [-0.4, -0.2) is 19.0 Å². The number of hydrogen-bond donors (Lipinski definition) is 1. The average Bonchev–Trinajstić information content (AvgIpc) is 2.73. The monoisotopic (exact) mass is 442 g/mol. The fraction of sp³-hybridized carbons (Fsp3) is 0.357. The Morgan fingerprint density at radius 1 is 0.906 bits per heavy atom. The molecule has 0 unspecified atom stereocenters. The summed E-state index contributed by atoms with van der Waals surface area (Å²) in [6.07, 6.45) is 1.75. The third kappa shape index (κ3) is 4.49. The number of nitrogens with one attached hydrogen (secondary N) is 1. The molecule has 3 aromatic rings.